The highest BCUT2D eigenvalue weighted by Crippen LogP contribution is 2.13. The molecule has 1 saturated heterocycles. The van der Waals surface area contributed by atoms with Crippen molar-refractivity contribution in [3.63, 3.8) is 0 Å². The summed E-state index contributed by atoms with van der Waals surface area (Å²) in [4.78, 5) is 18.8. The van der Waals surface area contributed by atoms with Crippen LogP contribution in [0.4, 0.5) is 0 Å². The summed E-state index contributed by atoms with van der Waals surface area (Å²) in [5, 5.41) is 3.31. The summed E-state index contributed by atoms with van der Waals surface area (Å²) in [6.07, 6.45) is 2.02. The Morgan fingerprint density at radius 2 is 2.20 bits per heavy atom. The van der Waals surface area contributed by atoms with Crippen molar-refractivity contribution in [3.05, 3.63) is 29.6 Å². The van der Waals surface area contributed by atoms with Crippen LogP contribution in [-0.2, 0) is 0 Å². The van der Waals surface area contributed by atoms with E-state index in [1.54, 1.807) is 6.07 Å². The standard InChI is InChI=1S/C14H21N3O.2ClH/c1-3-9-17(12-7-8-15-10-12)14(18)13-6-4-5-11(2)16-13;;/h4-6,12,15H,3,7-10H2,1-2H3;2*1H. The molecule has 6 heteroatoms. The fraction of sp³-hybridized carbons (Fsp3) is 0.571. The van der Waals surface area contributed by atoms with Crippen LogP contribution in [0.15, 0.2) is 18.2 Å². The summed E-state index contributed by atoms with van der Waals surface area (Å²) < 4.78 is 0. The first kappa shape index (κ1) is 19.2. The summed E-state index contributed by atoms with van der Waals surface area (Å²) >= 11 is 0. The average Bonchev–Trinajstić information content (AvgIpc) is 2.89. The second-order valence-electron chi connectivity index (χ2n) is 4.81. The maximum atomic E-state index is 12.5. The van der Waals surface area contributed by atoms with Crippen molar-refractivity contribution in [2.24, 2.45) is 0 Å². The number of aryl methyl sites for hydroxylation is 1. The Morgan fingerprint density at radius 3 is 2.75 bits per heavy atom. The third-order valence-electron chi connectivity index (χ3n) is 3.31. The van der Waals surface area contributed by atoms with Crippen LogP contribution in [-0.4, -0.2) is 41.5 Å². The van der Waals surface area contributed by atoms with Gasteiger partial charge in [0.1, 0.15) is 5.69 Å². The SMILES string of the molecule is CCCN(C(=O)c1cccc(C)n1)C1CCNC1.Cl.Cl. The lowest BCUT2D eigenvalue weighted by molar-refractivity contribution is 0.0686. The number of nitrogens with one attached hydrogen (secondary N) is 1. The number of nitrogens with zero attached hydrogens (tertiary/aromatic N) is 2. The van der Waals surface area contributed by atoms with Crippen molar-refractivity contribution in [2.75, 3.05) is 19.6 Å². The van der Waals surface area contributed by atoms with Crippen LogP contribution >= 0.6 is 24.8 Å². The molecule has 0 radical (unpaired) electrons. The van der Waals surface area contributed by atoms with Crippen LogP contribution < -0.4 is 5.32 Å². The summed E-state index contributed by atoms with van der Waals surface area (Å²) in [5.41, 5.74) is 1.46. The molecule has 1 fully saturated rings. The molecule has 4 nitrogen and oxygen atoms in total. The van der Waals surface area contributed by atoms with E-state index in [2.05, 4.69) is 17.2 Å². The Bertz CT molecular complexity index is 423. The lowest BCUT2D eigenvalue weighted by Gasteiger charge is -2.28. The summed E-state index contributed by atoms with van der Waals surface area (Å²) in [6.45, 7) is 6.72. The number of pyridine rings is 1. The summed E-state index contributed by atoms with van der Waals surface area (Å²) in [7, 11) is 0. The lowest BCUT2D eigenvalue weighted by atomic mass is 10.2. The van der Waals surface area contributed by atoms with E-state index < -0.39 is 0 Å². The quantitative estimate of drug-likeness (QED) is 0.927. The van der Waals surface area contributed by atoms with Gasteiger partial charge in [-0.3, -0.25) is 4.79 Å². The molecule has 1 unspecified atom stereocenters. The zero-order valence-corrected chi connectivity index (χ0v) is 13.6. The molecule has 1 N–H and O–H groups in total. The smallest absolute Gasteiger partial charge is 0.272 e. The second-order valence-corrected chi connectivity index (χ2v) is 4.81. The van der Waals surface area contributed by atoms with Gasteiger partial charge >= 0.3 is 0 Å². The van der Waals surface area contributed by atoms with E-state index in [-0.39, 0.29) is 30.7 Å². The Morgan fingerprint density at radius 1 is 1.45 bits per heavy atom. The van der Waals surface area contributed by atoms with Crippen molar-refractivity contribution < 1.29 is 4.79 Å². The molecular formula is C14H23Cl2N3O. The van der Waals surface area contributed by atoms with Gasteiger partial charge in [0.25, 0.3) is 5.91 Å². The Balaban J connectivity index is 0.00000180. The number of rotatable bonds is 4. The number of amides is 1. The minimum Gasteiger partial charge on any atom is -0.333 e. The van der Waals surface area contributed by atoms with Gasteiger partial charge in [0.2, 0.25) is 0 Å². The number of aromatic nitrogens is 1. The Labute approximate surface area is 133 Å². The maximum absolute atomic E-state index is 12.5. The number of carbonyl (C=O) groups excluding carboxylic acids is 1. The van der Waals surface area contributed by atoms with Gasteiger partial charge in [0.05, 0.1) is 0 Å². The maximum Gasteiger partial charge on any atom is 0.272 e. The van der Waals surface area contributed by atoms with Crippen LogP contribution in [0.2, 0.25) is 0 Å². The van der Waals surface area contributed by atoms with E-state index in [9.17, 15) is 4.79 Å². The molecule has 20 heavy (non-hydrogen) atoms. The van der Waals surface area contributed by atoms with Crippen molar-refractivity contribution >= 4 is 30.7 Å². The van der Waals surface area contributed by atoms with E-state index in [0.717, 1.165) is 38.2 Å². The molecule has 1 aromatic rings. The van der Waals surface area contributed by atoms with E-state index in [1.165, 1.54) is 0 Å². The zero-order chi connectivity index (χ0) is 13.0. The predicted molar refractivity (Wildman–Crippen MR) is 86.1 cm³/mol. The van der Waals surface area contributed by atoms with Gasteiger partial charge in [0.15, 0.2) is 0 Å². The van der Waals surface area contributed by atoms with Gasteiger partial charge in [-0.2, -0.15) is 0 Å². The van der Waals surface area contributed by atoms with Crippen LogP contribution in [0.25, 0.3) is 0 Å². The van der Waals surface area contributed by atoms with Crippen LogP contribution in [0, 0.1) is 6.92 Å². The molecule has 0 spiro atoms. The topological polar surface area (TPSA) is 45.2 Å². The molecule has 0 bridgehead atoms. The molecule has 0 aromatic carbocycles. The van der Waals surface area contributed by atoms with Crippen molar-refractivity contribution in [2.45, 2.75) is 32.7 Å². The van der Waals surface area contributed by atoms with Gasteiger partial charge in [-0.15, -0.1) is 24.8 Å². The molecule has 1 aliphatic heterocycles. The minimum atomic E-state index is 0. The highest BCUT2D eigenvalue weighted by molar-refractivity contribution is 5.92. The van der Waals surface area contributed by atoms with Crippen molar-refractivity contribution in [3.8, 4) is 0 Å². The largest absolute Gasteiger partial charge is 0.333 e. The third-order valence-corrected chi connectivity index (χ3v) is 3.31. The molecule has 1 amide bonds. The number of hydrogen-bond acceptors (Lipinski definition) is 3. The predicted octanol–water partition coefficient (Wildman–Crippen LogP) is 2.45. The van der Waals surface area contributed by atoms with E-state index in [4.69, 9.17) is 0 Å². The first-order valence-electron chi connectivity index (χ1n) is 6.67. The van der Waals surface area contributed by atoms with Crippen molar-refractivity contribution in [1.29, 1.82) is 0 Å². The molecular weight excluding hydrogens is 297 g/mol. The van der Waals surface area contributed by atoms with Crippen LogP contribution in [0.3, 0.4) is 0 Å². The molecule has 1 aromatic heterocycles. The molecule has 114 valence electrons. The normalized spacial score (nSPS) is 17.0. The number of halogens is 2. The van der Waals surface area contributed by atoms with Crippen LogP contribution in [0.5, 0.6) is 0 Å². The van der Waals surface area contributed by atoms with E-state index in [1.807, 2.05) is 24.0 Å². The zero-order valence-electron chi connectivity index (χ0n) is 12.0. The first-order valence-corrected chi connectivity index (χ1v) is 6.67. The molecule has 1 atom stereocenters. The van der Waals surface area contributed by atoms with E-state index in [0.29, 0.717) is 11.7 Å². The summed E-state index contributed by atoms with van der Waals surface area (Å²) in [6, 6.07) is 5.94. The second kappa shape index (κ2) is 9.16. The van der Waals surface area contributed by atoms with Gasteiger partial charge in [-0.25, -0.2) is 4.98 Å². The van der Waals surface area contributed by atoms with Crippen LogP contribution in [0.1, 0.15) is 35.9 Å². The van der Waals surface area contributed by atoms with E-state index >= 15 is 0 Å². The highest BCUT2D eigenvalue weighted by Gasteiger charge is 2.27. The third kappa shape index (κ3) is 4.62. The molecule has 2 heterocycles. The average molecular weight is 320 g/mol. The number of carbonyl (C=O) groups is 1. The summed E-state index contributed by atoms with van der Waals surface area (Å²) in [5.74, 6) is 0.0641. The fourth-order valence-corrected chi connectivity index (χ4v) is 2.41. The Kier molecular flexibility index (Phi) is 8.78. The molecule has 1 aliphatic rings. The molecule has 0 aliphatic carbocycles. The number of hydrogen-bond donors (Lipinski definition) is 1. The Hall–Kier alpha value is -0.840. The monoisotopic (exact) mass is 319 g/mol. The van der Waals surface area contributed by atoms with Gasteiger partial charge in [-0.1, -0.05) is 13.0 Å². The molecule has 2 rings (SSSR count). The van der Waals surface area contributed by atoms with Gasteiger partial charge in [0, 0.05) is 24.8 Å². The lowest BCUT2D eigenvalue weighted by Crippen LogP contribution is -2.42. The minimum absolute atomic E-state index is 0. The first-order chi connectivity index (χ1) is 8.72. The fourth-order valence-electron chi connectivity index (χ4n) is 2.41. The highest BCUT2D eigenvalue weighted by atomic mass is 35.5. The van der Waals surface area contributed by atoms with Gasteiger partial charge < -0.3 is 10.2 Å². The van der Waals surface area contributed by atoms with Crippen molar-refractivity contribution in [1.82, 2.24) is 15.2 Å². The molecule has 0 saturated carbocycles. The van der Waals surface area contributed by atoms with Gasteiger partial charge in [-0.05, 0) is 38.4 Å².